The standard InChI is InChI=1S/C13H22N2O3S/c1-3-4-9-15-19(16,17)13-7-5-12(6-8-13)18-11-10-14-2/h5-8,14-15H,3-4,9-11H2,1-2H3. The molecule has 19 heavy (non-hydrogen) atoms. The fourth-order valence-electron chi connectivity index (χ4n) is 1.45. The lowest BCUT2D eigenvalue weighted by Crippen LogP contribution is -2.24. The first kappa shape index (κ1) is 15.9. The minimum Gasteiger partial charge on any atom is -0.492 e. The first-order chi connectivity index (χ1) is 9.10. The van der Waals surface area contributed by atoms with E-state index in [9.17, 15) is 8.42 Å². The van der Waals surface area contributed by atoms with Gasteiger partial charge >= 0.3 is 0 Å². The second-order valence-corrected chi connectivity index (χ2v) is 5.94. The topological polar surface area (TPSA) is 67.4 Å². The molecular formula is C13H22N2O3S. The van der Waals surface area contributed by atoms with E-state index < -0.39 is 10.0 Å². The van der Waals surface area contributed by atoms with Gasteiger partial charge in [0, 0.05) is 13.1 Å². The lowest BCUT2D eigenvalue weighted by molar-refractivity contribution is 0.318. The largest absolute Gasteiger partial charge is 0.492 e. The lowest BCUT2D eigenvalue weighted by atomic mass is 10.3. The van der Waals surface area contributed by atoms with Crippen molar-refractivity contribution in [3.8, 4) is 5.75 Å². The first-order valence-electron chi connectivity index (χ1n) is 6.47. The molecule has 0 saturated heterocycles. The van der Waals surface area contributed by atoms with Gasteiger partial charge in [0.25, 0.3) is 0 Å². The molecule has 0 aliphatic rings. The summed E-state index contributed by atoms with van der Waals surface area (Å²) in [5, 5.41) is 2.97. The average molecular weight is 286 g/mol. The van der Waals surface area contributed by atoms with E-state index in [-0.39, 0.29) is 4.90 Å². The third kappa shape index (κ3) is 5.59. The van der Waals surface area contributed by atoms with Crippen LogP contribution in [-0.2, 0) is 10.0 Å². The number of ether oxygens (including phenoxy) is 1. The predicted molar refractivity (Wildman–Crippen MR) is 76.0 cm³/mol. The highest BCUT2D eigenvalue weighted by Crippen LogP contribution is 2.15. The van der Waals surface area contributed by atoms with Crippen molar-refractivity contribution in [2.45, 2.75) is 24.7 Å². The highest BCUT2D eigenvalue weighted by atomic mass is 32.2. The Kier molecular flexibility index (Phi) is 6.83. The van der Waals surface area contributed by atoms with Crippen LogP contribution in [0.2, 0.25) is 0 Å². The van der Waals surface area contributed by atoms with Crippen molar-refractivity contribution in [2.75, 3.05) is 26.7 Å². The molecule has 0 spiro atoms. The van der Waals surface area contributed by atoms with E-state index in [0.29, 0.717) is 18.9 Å². The smallest absolute Gasteiger partial charge is 0.240 e. The van der Waals surface area contributed by atoms with E-state index in [1.165, 1.54) is 0 Å². The Bertz CT molecular complexity index is 457. The summed E-state index contributed by atoms with van der Waals surface area (Å²) >= 11 is 0. The zero-order valence-electron chi connectivity index (χ0n) is 11.5. The van der Waals surface area contributed by atoms with Crippen LogP contribution in [0.25, 0.3) is 0 Å². The number of likely N-dealkylation sites (N-methyl/N-ethyl adjacent to an activating group) is 1. The minimum atomic E-state index is -3.39. The average Bonchev–Trinajstić information content (AvgIpc) is 2.40. The molecule has 0 aromatic heterocycles. The van der Waals surface area contributed by atoms with Crippen molar-refractivity contribution in [1.29, 1.82) is 0 Å². The quantitative estimate of drug-likeness (QED) is 0.673. The van der Waals surface area contributed by atoms with Gasteiger partial charge in [0.1, 0.15) is 12.4 Å². The molecule has 0 atom stereocenters. The lowest BCUT2D eigenvalue weighted by Gasteiger charge is -2.08. The van der Waals surface area contributed by atoms with Gasteiger partial charge < -0.3 is 10.1 Å². The first-order valence-corrected chi connectivity index (χ1v) is 7.95. The molecule has 5 nitrogen and oxygen atoms in total. The second-order valence-electron chi connectivity index (χ2n) is 4.17. The summed E-state index contributed by atoms with van der Waals surface area (Å²) in [5.41, 5.74) is 0. The van der Waals surface area contributed by atoms with Crippen LogP contribution in [0.15, 0.2) is 29.2 Å². The van der Waals surface area contributed by atoms with Gasteiger partial charge in [-0.3, -0.25) is 0 Å². The third-order valence-electron chi connectivity index (χ3n) is 2.58. The molecule has 0 bridgehead atoms. The van der Waals surface area contributed by atoms with E-state index in [4.69, 9.17) is 4.74 Å². The summed E-state index contributed by atoms with van der Waals surface area (Å²) in [7, 11) is -1.54. The maximum absolute atomic E-state index is 11.9. The number of hydrogen-bond donors (Lipinski definition) is 2. The number of nitrogens with one attached hydrogen (secondary N) is 2. The molecule has 0 saturated carbocycles. The summed E-state index contributed by atoms with van der Waals surface area (Å²) < 4.78 is 31.8. The molecule has 1 rings (SSSR count). The molecule has 0 unspecified atom stereocenters. The van der Waals surface area contributed by atoms with E-state index in [2.05, 4.69) is 10.0 Å². The van der Waals surface area contributed by atoms with Gasteiger partial charge in [-0.2, -0.15) is 0 Å². The van der Waals surface area contributed by atoms with Crippen LogP contribution < -0.4 is 14.8 Å². The van der Waals surface area contributed by atoms with E-state index in [1.54, 1.807) is 24.3 Å². The molecule has 2 N–H and O–H groups in total. The van der Waals surface area contributed by atoms with Crippen LogP contribution in [-0.4, -0.2) is 35.2 Å². The Morgan fingerprint density at radius 2 is 1.84 bits per heavy atom. The monoisotopic (exact) mass is 286 g/mol. The van der Waals surface area contributed by atoms with Crippen LogP contribution in [0.4, 0.5) is 0 Å². The molecule has 0 aliphatic carbocycles. The van der Waals surface area contributed by atoms with Crippen molar-refractivity contribution in [3.05, 3.63) is 24.3 Å². The van der Waals surface area contributed by atoms with E-state index >= 15 is 0 Å². The molecule has 1 aromatic rings. The fraction of sp³-hybridized carbons (Fsp3) is 0.538. The van der Waals surface area contributed by atoms with Crippen LogP contribution >= 0.6 is 0 Å². The molecule has 0 fully saturated rings. The summed E-state index contributed by atoms with van der Waals surface area (Å²) in [6.45, 7) is 3.79. The Morgan fingerprint density at radius 3 is 2.42 bits per heavy atom. The zero-order chi connectivity index (χ0) is 14.1. The Labute approximate surface area is 115 Å². The highest BCUT2D eigenvalue weighted by molar-refractivity contribution is 7.89. The van der Waals surface area contributed by atoms with Crippen LogP contribution in [0.5, 0.6) is 5.75 Å². The molecule has 0 radical (unpaired) electrons. The summed E-state index contributed by atoms with van der Waals surface area (Å²) in [6, 6.07) is 6.46. The maximum Gasteiger partial charge on any atom is 0.240 e. The van der Waals surface area contributed by atoms with Crippen molar-refractivity contribution >= 4 is 10.0 Å². The van der Waals surface area contributed by atoms with Gasteiger partial charge in [-0.1, -0.05) is 13.3 Å². The van der Waals surface area contributed by atoms with Gasteiger partial charge in [-0.15, -0.1) is 0 Å². The van der Waals surface area contributed by atoms with Crippen LogP contribution in [0, 0.1) is 0 Å². The molecule has 0 amide bonds. The van der Waals surface area contributed by atoms with E-state index in [0.717, 1.165) is 19.4 Å². The molecule has 0 heterocycles. The van der Waals surface area contributed by atoms with Crippen molar-refractivity contribution in [1.82, 2.24) is 10.0 Å². The van der Waals surface area contributed by atoms with Gasteiger partial charge in [-0.25, -0.2) is 13.1 Å². The SMILES string of the molecule is CCCCNS(=O)(=O)c1ccc(OCCNC)cc1. The van der Waals surface area contributed by atoms with Crippen molar-refractivity contribution in [3.63, 3.8) is 0 Å². The van der Waals surface area contributed by atoms with Crippen molar-refractivity contribution in [2.24, 2.45) is 0 Å². The molecule has 108 valence electrons. The number of benzene rings is 1. The maximum atomic E-state index is 11.9. The summed E-state index contributed by atoms with van der Waals surface area (Å²) in [4.78, 5) is 0.268. The highest BCUT2D eigenvalue weighted by Gasteiger charge is 2.12. The minimum absolute atomic E-state index is 0.268. The Hall–Kier alpha value is -1.11. The van der Waals surface area contributed by atoms with Gasteiger partial charge in [0.2, 0.25) is 10.0 Å². The summed E-state index contributed by atoms with van der Waals surface area (Å²) in [5.74, 6) is 0.669. The van der Waals surface area contributed by atoms with Gasteiger partial charge in [-0.05, 0) is 37.7 Å². The molecule has 0 aliphatic heterocycles. The second kappa shape index (κ2) is 8.14. The van der Waals surface area contributed by atoms with Gasteiger partial charge in [0.15, 0.2) is 0 Å². The predicted octanol–water partition coefficient (Wildman–Crippen LogP) is 1.36. The fourth-order valence-corrected chi connectivity index (χ4v) is 2.53. The Morgan fingerprint density at radius 1 is 1.16 bits per heavy atom. The van der Waals surface area contributed by atoms with Gasteiger partial charge in [0.05, 0.1) is 4.90 Å². The van der Waals surface area contributed by atoms with E-state index in [1.807, 2.05) is 14.0 Å². The molecule has 1 aromatic carbocycles. The third-order valence-corrected chi connectivity index (χ3v) is 4.05. The van der Waals surface area contributed by atoms with Crippen LogP contribution in [0.1, 0.15) is 19.8 Å². The van der Waals surface area contributed by atoms with Crippen molar-refractivity contribution < 1.29 is 13.2 Å². The number of sulfonamides is 1. The molecule has 6 heteroatoms. The number of unbranched alkanes of at least 4 members (excludes halogenated alkanes) is 1. The number of rotatable bonds is 9. The zero-order valence-corrected chi connectivity index (χ0v) is 12.3. The Balaban J connectivity index is 2.59. The van der Waals surface area contributed by atoms with Crippen LogP contribution in [0.3, 0.4) is 0 Å². The molecular weight excluding hydrogens is 264 g/mol. The normalized spacial score (nSPS) is 11.5. The number of hydrogen-bond acceptors (Lipinski definition) is 4. The summed E-state index contributed by atoms with van der Waals surface area (Å²) in [6.07, 6.45) is 1.80.